The van der Waals surface area contributed by atoms with Gasteiger partial charge in [0.05, 0.1) is 14.2 Å². The van der Waals surface area contributed by atoms with Gasteiger partial charge in [0, 0.05) is 16.3 Å². The zero-order valence-electron chi connectivity index (χ0n) is 15.1. The Hall–Kier alpha value is -3.13. The van der Waals surface area contributed by atoms with Crippen LogP contribution in [0.3, 0.4) is 0 Å². The standard InChI is InChI=1S/C18H18ClN5O3/c1-11-13(19)5-4-6-14(11)20-17(25)10-24-22-18(21-23-24)12-7-8-15(26-2)16(9-12)27-3/h4-9H,10H2,1-3H3,(H,20,25). The minimum Gasteiger partial charge on any atom is -0.493 e. The summed E-state index contributed by atoms with van der Waals surface area (Å²) in [5.41, 5.74) is 2.14. The van der Waals surface area contributed by atoms with Crippen LogP contribution in [0.4, 0.5) is 5.69 Å². The van der Waals surface area contributed by atoms with Crippen LogP contribution in [-0.4, -0.2) is 40.3 Å². The molecule has 1 aromatic heterocycles. The maximum atomic E-state index is 12.3. The van der Waals surface area contributed by atoms with Gasteiger partial charge in [0.1, 0.15) is 6.54 Å². The summed E-state index contributed by atoms with van der Waals surface area (Å²) in [6.07, 6.45) is 0. The number of nitrogens with zero attached hydrogens (tertiary/aromatic N) is 4. The van der Waals surface area contributed by atoms with Crippen LogP contribution in [0.1, 0.15) is 5.56 Å². The second kappa shape index (κ2) is 8.05. The fourth-order valence-corrected chi connectivity index (χ4v) is 2.64. The highest BCUT2D eigenvalue weighted by Crippen LogP contribution is 2.30. The van der Waals surface area contributed by atoms with Crippen molar-refractivity contribution in [2.45, 2.75) is 13.5 Å². The molecular formula is C18H18ClN5O3. The Balaban J connectivity index is 1.72. The van der Waals surface area contributed by atoms with E-state index in [1.54, 1.807) is 50.6 Å². The Bertz CT molecular complexity index is 973. The van der Waals surface area contributed by atoms with Gasteiger partial charge in [0.2, 0.25) is 11.7 Å². The first kappa shape index (κ1) is 18.7. The number of ether oxygens (including phenoxy) is 2. The number of amides is 1. The molecule has 0 aliphatic rings. The van der Waals surface area contributed by atoms with Gasteiger partial charge in [-0.1, -0.05) is 17.7 Å². The lowest BCUT2D eigenvalue weighted by atomic mass is 10.2. The summed E-state index contributed by atoms with van der Waals surface area (Å²) in [5, 5.41) is 15.5. The summed E-state index contributed by atoms with van der Waals surface area (Å²) >= 11 is 6.06. The summed E-state index contributed by atoms with van der Waals surface area (Å²) in [6.45, 7) is 1.76. The van der Waals surface area contributed by atoms with E-state index in [0.29, 0.717) is 33.6 Å². The van der Waals surface area contributed by atoms with Crippen molar-refractivity contribution in [2.24, 2.45) is 0 Å². The second-order valence-electron chi connectivity index (χ2n) is 5.67. The number of methoxy groups -OCH3 is 2. The quantitative estimate of drug-likeness (QED) is 0.699. The molecule has 0 bridgehead atoms. The van der Waals surface area contributed by atoms with Crippen LogP contribution in [-0.2, 0) is 11.3 Å². The highest BCUT2D eigenvalue weighted by Gasteiger charge is 2.13. The number of nitrogens with one attached hydrogen (secondary N) is 1. The van der Waals surface area contributed by atoms with E-state index in [0.717, 1.165) is 5.56 Å². The number of carbonyl (C=O) groups is 1. The third kappa shape index (κ3) is 4.17. The van der Waals surface area contributed by atoms with Gasteiger partial charge in [-0.25, -0.2) is 0 Å². The largest absolute Gasteiger partial charge is 0.493 e. The van der Waals surface area contributed by atoms with E-state index in [9.17, 15) is 4.79 Å². The van der Waals surface area contributed by atoms with Crippen molar-refractivity contribution in [2.75, 3.05) is 19.5 Å². The average molecular weight is 388 g/mol. The molecule has 9 heteroatoms. The number of anilines is 1. The summed E-state index contributed by atoms with van der Waals surface area (Å²) < 4.78 is 10.5. The van der Waals surface area contributed by atoms with Gasteiger partial charge >= 0.3 is 0 Å². The third-order valence-corrected chi connectivity index (χ3v) is 4.33. The van der Waals surface area contributed by atoms with Gasteiger partial charge in [-0.15, -0.1) is 10.2 Å². The van der Waals surface area contributed by atoms with Gasteiger partial charge in [-0.3, -0.25) is 4.79 Å². The molecule has 1 heterocycles. The van der Waals surface area contributed by atoms with E-state index in [2.05, 4.69) is 20.7 Å². The highest BCUT2D eigenvalue weighted by atomic mass is 35.5. The van der Waals surface area contributed by atoms with Crippen LogP contribution in [0.15, 0.2) is 36.4 Å². The fourth-order valence-electron chi connectivity index (χ4n) is 2.46. The first-order chi connectivity index (χ1) is 13.0. The third-order valence-electron chi connectivity index (χ3n) is 3.92. The van der Waals surface area contributed by atoms with E-state index >= 15 is 0 Å². The van der Waals surface area contributed by atoms with Crippen molar-refractivity contribution in [1.29, 1.82) is 0 Å². The normalized spacial score (nSPS) is 10.5. The smallest absolute Gasteiger partial charge is 0.248 e. The number of halogens is 1. The van der Waals surface area contributed by atoms with Crippen LogP contribution in [0.25, 0.3) is 11.4 Å². The van der Waals surface area contributed by atoms with Crippen LogP contribution < -0.4 is 14.8 Å². The topological polar surface area (TPSA) is 91.2 Å². The summed E-state index contributed by atoms with van der Waals surface area (Å²) in [6, 6.07) is 10.6. The molecule has 2 aromatic carbocycles. The number of aromatic nitrogens is 4. The van der Waals surface area contributed by atoms with Crippen LogP contribution in [0.2, 0.25) is 5.02 Å². The van der Waals surface area contributed by atoms with Crippen LogP contribution in [0, 0.1) is 6.92 Å². The Kier molecular flexibility index (Phi) is 5.56. The number of hydrogen-bond acceptors (Lipinski definition) is 6. The van der Waals surface area contributed by atoms with E-state index in [-0.39, 0.29) is 12.5 Å². The zero-order chi connectivity index (χ0) is 19.4. The van der Waals surface area contributed by atoms with Gasteiger partial charge in [0.15, 0.2) is 11.5 Å². The molecule has 0 unspecified atom stereocenters. The number of tetrazole rings is 1. The molecule has 0 saturated carbocycles. The molecule has 1 amide bonds. The summed E-state index contributed by atoms with van der Waals surface area (Å²) in [7, 11) is 3.11. The van der Waals surface area contributed by atoms with E-state index in [4.69, 9.17) is 21.1 Å². The number of rotatable bonds is 6. The van der Waals surface area contributed by atoms with Crippen molar-refractivity contribution >= 4 is 23.2 Å². The Morgan fingerprint density at radius 2 is 1.96 bits per heavy atom. The molecule has 0 spiro atoms. The lowest BCUT2D eigenvalue weighted by Crippen LogP contribution is -2.21. The molecule has 0 saturated heterocycles. The minimum atomic E-state index is -0.281. The molecule has 0 aliphatic carbocycles. The Labute approximate surface area is 161 Å². The molecule has 140 valence electrons. The second-order valence-corrected chi connectivity index (χ2v) is 6.08. The molecule has 27 heavy (non-hydrogen) atoms. The van der Waals surface area contributed by atoms with E-state index < -0.39 is 0 Å². The highest BCUT2D eigenvalue weighted by molar-refractivity contribution is 6.31. The minimum absolute atomic E-state index is 0.0771. The van der Waals surface area contributed by atoms with Gasteiger partial charge in [-0.05, 0) is 48.0 Å². The average Bonchev–Trinajstić information content (AvgIpc) is 3.13. The van der Waals surface area contributed by atoms with Crippen molar-refractivity contribution < 1.29 is 14.3 Å². The van der Waals surface area contributed by atoms with Crippen LogP contribution >= 0.6 is 11.6 Å². The molecule has 3 aromatic rings. The van der Waals surface area contributed by atoms with Crippen molar-refractivity contribution in [3.8, 4) is 22.9 Å². The summed E-state index contributed by atoms with van der Waals surface area (Å²) in [5.74, 6) is 1.25. The van der Waals surface area contributed by atoms with E-state index in [1.807, 2.05) is 6.92 Å². The SMILES string of the molecule is COc1ccc(-c2nnn(CC(=O)Nc3cccc(Cl)c3C)n2)cc1OC. The predicted octanol–water partition coefficient (Wildman–Crippen LogP) is 2.96. The molecular weight excluding hydrogens is 370 g/mol. The number of hydrogen-bond donors (Lipinski definition) is 1. The number of benzene rings is 2. The van der Waals surface area contributed by atoms with Gasteiger partial charge in [-0.2, -0.15) is 4.80 Å². The Morgan fingerprint density at radius 3 is 2.70 bits per heavy atom. The van der Waals surface area contributed by atoms with Crippen molar-refractivity contribution in [1.82, 2.24) is 20.2 Å². The van der Waals surface area contributed by atoms with Crippen molar-refractivity contribution in [3.05, 3.63) is 47.0 Å². The van der Waals surface area contributed by atoms with Gasteiger partial charge in [0.25, 0.3) is 0 Å². The molecule has 0 atom stereocenters. The maximum absolute atomic E-state index is 12.3. The van der Waals surface area contributed by atoms with Gasteiger partial charge < -0.3 is 14.8 Å². The first-order valence-corrected chi connectivity index (χ1v) is 8.44. The summed E-state index contributed by atoms with van der Waals surface area (Å²) in [4.78, 5) is 13.5. The maximum Gasteiger partial charge on any atom is 0.248 e. The zero-order valence-corrected chi connectivity index (χ0v) is 15.8. The van der Waals surface area contributed by atoms with Crippen molar-refractivity contribution in [3.63, 3.8) is 0 Å². The van der Waals surface area contributed by atoms with Crippen LogP contribution in [0.5, 0.6) is 11.5 Å². The lowest BCUT2D eigenvalue weighted by Gasteiger charge is -2.09. The molecule has 0 aliphatic heterocycles. The molecule has 3 rings (SSSR count). The molecule has 1 N–H and O–H groups in total. The number of carbonyl (C=O) groups excluding carboxylic acids is 1. The van der Waals surface area contributed by atoms with E-state index in [1.165, 1.54) is 4.80 Å². The molecule has 0 radical (unpaired) electrons. The lowest BCUT2D eigenvalue weighted by molar-refractivity contribution is -0.117. The molecule has 0 fully saturated rings. The molecule has 8 nitrogen and oxygen atoms in total. The first-order valence-electron chi connectivity index (χ1n) is 8.07. The Morgan fingerprint density at radius 1 is 1.19 bits per heavy atom. The monoisotopic (exact) mass is 387 g/mol. The fraction of sp³-hybridized carbons (Fsp3) is 0.222. The predicted molar refractivity (Wildman–Crippen MR) is 101 cm³/mol.